The summed E-state index contributed by atoms with van der Waals surface area (Å²) in [5, 5.41) is 33.1. The molecule has 5 aromatic heterocycles. The molecule has 0 amide bonds. The van der Waals surface area contributed by atoms with Gasteiger partial charge in [-0.15, -0.1) is 68.5 Å². The summed E-state index contributed by atoms with van der Waals surface area (Å²) in [6, 6.07) is 89.1. The van der Waals surface area contributed by atoms with Crippen LogP contribution in [0.4, 0.5) is 28.4 Å². The van der Waals surface area contributed by atoms with Gasteiger partial charge in [-0.05, 0) is 251 Å². The van der Waals surface area contributed by atoms with Gasteiger partial charge >= 0.3 is 0 Å². The van der Waals surface area contributed by atoms with Crippen LogP contribution in [0.2, 0.25) is 0 Å². The quantitative estimate of drug-likeness (QED) is 0.0479. The molecule has 5 unspecified atom stereocenters. The van der Waals surface area contributed by atoms with Crippen LogP contribution in [0.25, 0.3) is 84.2 Å². The lowest BCUT2D eigenvalue weighted by Gasteiger charge is -2.23. The van der Waals surface area contributed by atoms with E-state index in [-0.39, 0.29) is 27.1 Å². The zero-order valence-electron chi connectivity index (χ0n) is 76.2. The lowest BCUT2D eigenvalue weighted by Crippen LogP contribution is -2.30. The van der Waals surface area contributed by atoms with Crippen molar-refractivity contribution in [2.24, 2.45) is 0 Å². The van der Waals surface area contributed by atoms with E-state index in [1.165, 1.54) is 169 Å². The molecule has 646 valence electrons. The van der Waals surface area contributed by atoms with Crippen molar-refractivity contribution in [3.8, 4) is 17.9 Å². The van der Waals surface area contributed by atoms with Crippen LogP contribution in [-0.2, 0) is 27.1 Å². The third-order valence-corrected chi connectivity index (χ3v) is 31.3. The van der Waals surface area contributed by atoms with Crippen LogP contribution in [0, 0.1) is 23.2 Å². The Morgan fingerprint density at radius 2 is 0.615 bits per heavy atom. The van der Waals surface area contributed by atoms with Crippen LogP contribution in [0.5, 0.6) is 0 Å². The Bertz CT molecular complexity index is 7360. The van der Waals surface area contributed by atoms with Gasteiger partial charge in [0.15, 0.2) is 28.6 Å². The lowest BCUT2D eigenvalue weighted by atomic mass is 9.74. The molecule has 0 bridgehead atoms. The van der Waals surface area contributed by atoms with Gasteiger partial charge in [0, 0.05) is 125 Å². The van der Waals surface area contributed by atoms with Crippen LogP contribution in [0.15, 0.2) is 334 Å². The van der Waals surface area contributed by atoms with E-state index < -0.39 is 0 Å². The van der Waals surface area contributed by atoms with Gasteiger partial charge in [-0.3, -0.25) is 0 Å². The minimum absolute atomic E-state index is 0.0457. The number of benzene rings is 10. The topological polar surface area (TPSA) is 38.8 Å². The normalized spacial score (nSPS) is 19.4. The van der Waals surface area contributed by atoms with E-state index in [1.54, 1.807) is 62.2 Å². The van der Waals surface area contributed by atoms with E-state index in [9.17, 15) is 5.26 Å². The van der Waals surface area contributed by atoms with Crippen molar-refractivity contribution in [3.63, 3.8) is 0 Å². The summed E-state index contributed by atoms with van der Waals surface area (Å²) in [5.74, 6) is 6.45. The second-order valence-corrected chi connectivity index (χ2v) is 41.5. The van der Waals surface area contributed by atoms with Gasteiger partial charge in [0.05, 0.1) is 39.6 Å². The summed E-state index contributed by atoms with van der Waals surface area (Å²) in [7, 11) is 10.8. The summed E-state index contributed by atoms with van der Waals surface area (Å²) in [6.07, 6.45) is 30.8. The molecule has 0 fully saturated rings. The molecule has 13 heteroatoms. The van der Waals surface area contributed by atoms with Crippen LogP contribution >= 0.6 is 84.2 Å². The number of halogens is 2. The van der Waals surface area contributed by atoms with Crippen LogP contribution in [0.3, 0.4) is 0 Å². The average Bonchev–Trinajstić information content (AvgIpc) is 1.59. The second kappa shape index (κ2) is 39.4. The Morgan fingerprint density at radius 3 is 0.877 bits per heavy atom. The molecule has 0 N–H and O–H groups in total. The number of hydrogen-bond donors (Lipinski definition) is 0. The Kier molecular flexibility index (Phi) is 27.7. The fraction of sp³-hybridized carbons (Fsp3) is 0.197. The third-order valence-electron chi connectivity index (χ3n) is 26.6. The molecule has 0 radical (unpaired) electrons. The Labute approximate surface area is 800 Å². The molecule has 0 aliphatic carbocycles. The summed E-state index contributed by atoms with van der Waals surface area (Å²) >= 11 is 18.3. The molecular formula is C117H109BrClN6S5+5. The van der Waals surface area contributed by atoms with Crippen molar-refractivity contribution in [2.45, 2.75) is 115 Å². The molecule has 10 heterocycles. The number of nitriles is 1. The highest BCUT2D eigenvalue weighted by atomic mass is 79.9. The van der Waals surface area contributed by atoms with Gasteiger partial charge < -0.3 is 0 Å². The highest BCUT2D eigenvalue weighted by Crippen LogP contribution is 2.53. The maximum absolute atomic E-state index is 9.54. The molecule has 5 aliphatic rings. The van der Waals surface area contributed by atoms with E-state index in [0.717, 1.165) is 30.2 Å². The number of hydrogen-bond acceptors (Lipinski definition) is 6. The number of fused-ring (bicyclic) bond motifs is 15. The monoisotopic (exact) mass is 1870 g/mol. The predicted molar refractivity (Wildman–Crippen MR) is 572 cm³/mol. The first-order valence-electron chi connectivity index (χ1n) is 44.2. The van der Waals surface area contributed by atoms with Crippen LogP contribution < -0.4 is 0 Å². The molecule has 10 aromatic carbocycles. The van der Waals surface area contributed by atoms with Gasteiger partial charge in [0.1, 0.15) is 35.2 Å². The van der Waals surface area contributed by atoms with Crippen molar-refractivity contribution >= 4 is 225 Å². The molecule has 5 atom stereocenters. The first-order chi connectivity index (χ1) is 63.0. The van der Waals surface area contributed by atoms with Gasteiger partial charge in [-0.1, -0.05) is 203 Å². The number of thiophene rings is 5. The zero-order chi connectivity index (χ0) is 91.1. The molecule has 0 saturated heterocycles. The van der Waals surface area contributed by atoms with E-state index in [1.807, 2.05) is 6.92 Å². The Balaban J connectivity index is 0.000000119. The fourth-order valence-electron chi connectivity index (χ4n) is 20.4. The highest BCUT2D eigenvalue weighted by molar-refractivity contribution is 9.11. The maximum atomic E-state index is 9.54. The molecule has 15 aromatic rings. The summed E-state index contributed by atoms with van der Waals surface area (Å²) < 4.78 is 12.6. The number of nitrogens with zero attached hydrogens (tertiary/aromatic N) is 6. The van der Waals surface area contributed by atoms with Gasteiger partial charge in [0.2, 0.25) is 28.4 Å². The standard InChI is InChI=1S/C25H26NS.C24H22NS.C23H21BrNS.C23H21ClNS.C22H19N2S/c1-18(2)15-16-25(3)23(14-12-20-9-7-17-27-20)26(4)22-13-11-19-8-5-6-10-21(19)24(22)25;1-4-5-16-24(2)22(15-13-19-10-8-17-26-19)25(3)21-14-12-18-9-6-7-11-20(18)23(21)24;1-16(24)15-23(2)21(13-11-18-8-6-14-26-18)25(3)20-12-10-17-7-4-5-9-19(17)22(20)23;1-23(14-6-15-24)21(13-11-18-8-5-16-26-18)25(2)20-12-10-17-7-3-4-9-19(17)22(20)23;1-22(13-14-23)20(12-10-17-7-5-15-25-17)24(2)19-11-9-16-6-3-4-8-18(16)21(19)22/h5-15,17H,16H2,1-4H3;6-15,17H,16H2,1-3H3;4-14H,1,15H2,2-3H3;3-13,15-16H,14H2,1-2H3;3-12,15H,13H2,1-2H3/q5*+1/b14-12+;15-13+;13-11+;13-11+,15-6+;12-10+. The summed E-state index contributed by atoms with van der Waals surface area (Å²) in [5.41, 5.74) is 22.0. The van der Waals surface area contributed by atoms with Crippen molar-refractivity contribution in [3.05, 3.63) is 386 Å². The molecule has 0 saturated carbocycles. The van der Waals surface area contributed by atoms with Crippen LogP contribution in [-0.4, -0.2) is 86.7 Å². The van der Waals surface area contributed by atoms with Crippen molar-refractivity contribution in [1.82, 2.24) is 0 Å². The Morgan fingerprint density at radius 1 is 0.354 bits per heavy atom. The number of rotatable bonds is 18. The maximum Gasteiger partial charge on any atom is 0.210 e. The van der Waals surface area contributed by atoms with Gasteiger partial charge in [-0.25, -0.2) is 0 Å². The largest absolute Gasteiger partial charge is 0.210 e. The molecule has 130 heavy (non-hydrogen) atoms. The first kappa shape index (κ1) is 91.4. The molecule has 5 aliphatic heterocycles. The van der Waals surface area contributed by atoms with Crippen molar-refractivity contribution in [1.29, 1.82) is 5.26 Å². The fourth-order valence-corrected chi connectivity index (χ4v) is 24.1. The Hall–Kier alpha value is -11.9. The van der Waals surface area contributed by atoms with Crippen LogP contribution in [0.1, 0.15) is 140 Å². The van der Waals surface area contributed by atoms with E-state index in [2.05, 4.69) is 489 Å². The second-order valence-electron chi connectivity index (χ2n) is 35.2. The van der Waals surface area contributed by atoms with Crippen molar-refractivity contribution < 1.29 is 22.9 Å². The molecule has 0 spiro atoms. The minimum atomic E-state index is -0.312. The summed E-state index contributed by atoms with van der Waals surface area (Å²) in [6.45, 7) is 22.0. The SMILES string of the molecule is C=C(Br)CC1(C)C(/C=C/c2cccs2)=[N+](C)c2ccc3ccccc3c21.CC#CCC1(C)C(/C=C/c2cccs2)=[N+](C)c2ccc3ccccc3c21.CC(C)=CCC1(C)C(/C=C/c2cccs2)=[N+](C)c2ccc3ccccc3c21.C[N+]1=C(/C=C/c2cccs2)C(C)(C/C=C/Cl)c2c1ccc1ccccc21.C[N+]1=C(/C=C/c2cccs2)C(C)(CC#N)c2c1ccc1ccccc21. The summed E-state index contributed by atoms with van der Waals surface area (Å²) in [4.78, 5) is 6.33. The van der Waals surface area contributed by atoms with Gasteiger partial charge in [-0.2, -0.15) is 28.1 Å². The van der Waals surface area contributed by atoms with E-state index in [0.29, 0.717) is 6.42 Å². The average molecular weight is 1870 g/mol. The third kappa shape index (κ3) is 17.9. The minimum Gasteiger partial charge on any atom is -0.198 e. The molecule has 6 nitrogen and oxygen atoms in total. The number of allylic oxidation sites excluding steroid dienone is 9. The lowest BCUT2D eigenvalue weighted by molar-refractivity contribution is -0.401. The predicted octanol–water partition coefficient (Wildman–Crippen LogP) is 32.1. The molecule has 20 rings (SSSR count). The zero-order valence-corrected chi connectivity index (χ0v) is 82.6. The molecular weight excluding hydrogens is 1770 g/mol. The van der Waals surface area contributed by atoms with Crippen molar-refractivity contribution in [2.75, 3.05) is 35.2 Å². The highest BCUT2D eigenvalue weighted by Gasteiger charge is 2.52. The van der Waals surface area contributed by atoms with Gasteiger partial charge in [0.25, 0.3) is 0 Å². The van der Waals surface area contributed by atoms with E-state index in [4.69, 9.17) is 11.6 Å². The van der Waals surface area contributed by atoms with E-state index >= 15 is 0 Å². The first-order valence-corrected chi connectivity index (χ1v) is 49.8. The smallest absolute Gasteiger partial charge is 0.198 e.